The van der Waals surface area contributed by atoms with Crippen LogP contribution in [0.25, 0.3) is 0 Å². The van der Waals surface area contributed by atoms with Crippen LogP contribution in [0.3, 0.4) is 0 Å². The fourth-order valence-corrected chi connectivity index (χ4v) is 5.81. The Kier molecular flexibility index (Phi) is 7.59. The van der Waals surface area contributed by atoms with E-state index in [1.54, 1.807) is 24.3 Å². The average Bonchev–Trinajstić information content (AvgIpc) is 3.10. The zero-order valence-electron chi connectivity index (χ0n) is 22.3. The minimum Gasteiger partial charge on any atom is -0.401 e. The van der Waals surface area contributed by atoms with Crippen LogP contribution in [-0.4, -0.2) is 49.8 Å². The van der Waals surface area contributed by atoms with Crippen LogP contribution in [-0.2, 0) is 13.9 Å². The number of aliphatic imine (C=N–C) groups is 1. The monoisotopic (exact) mass is 499 g/mol. The molecule has 3 rings (SSSR count). The summed E-state index contributed by atoms with van der Waals surface area (Å²) in [5.41, 5.74) is 5.84. The molecule has 1 aromatic carbocycles. The summed E-state index contributed by atoms with van der Waals surface area (Å²) in [5.74, 6) is 1.98. The van der Waals surface area contributed by atoms with E-state index < -0.39 is 31.9 Å². The third-order valence-electron chi connectivity index (χ3n) is 7.61. The number of hydrogen-bond donors (Lipinski definition) is 2. The predicted molar refractivity (Wildman–Crippen MR) is 141 cm³/mol. The Hall–Kier alpha value is -2.18. The van der Waals surface area contributed by atoms with E-state index in [1.165, 1.54) is 0 Å². The topological polar surface area (TPSA) is 95.2 Å². The summed E-state index contributed by atoms with van der Waals surface area (Å²) in [6.07, 6.45) is 6.15. The van der Waals surface area contributed by atoms with Gasteiger partial charge in [-0.05, 0) is 62.9 Å². The van der Waals surface area contributed by atoms with Crippen molar-refractivity contribution in [2.24, 2.45) is 16.6 Å². The normalized spacial score (nSPS) is 29.7. The summed E-state index contributed by atoms with van der Waals surface area (Å²) in [4.78, 5) is 17.7. The van der Waals surface area contributed by atoms with Crippen molar-refractivity contribution in [2.45, 2.75) is 102 Å². The Morgan fingerprint density at radius 1 is 1.29 bits per heavy atom. The van der Waals surface area contributed by atoms with Crippen molar-refractivity contribution in [3.05, 3.63) is 35.9 Å². The van der Waals surface area contributed by atoms with Crippen LogP contribution in [0.5, 0.6) is 0 Å². The largest absolute Gasteiger partial charge is 0.401 e. The Morgan fingerprint density at radius 2 is 1.91 bits per heavy atom. The van der Waals surface area contributed by atoms with Crippen LogP contribution in [0.15, 0.2) is 35.3 Å². The van der Waals surface area contributed by atoms with E-state index >= 15 is 0 Å². The maximum Gasteiger partial charge on any atom is 0.257 e. The van der Waals surface area contributed by atoms with Gasteiger partial charge < -0.3 is 19.6 Å². The Bertz CT molecular complexity index is 996. The van der Waals surface area contributed by atoms with Gasteiger partial charge in [-0.15, -0.1) is 6.42 Å². The molecule has 7 nitrogen and oxygen atoms in total. The molecule has 1 saturated carbocycles. The first-order valence-corrected chi connectivity index (χ1v) is 15.2. The Morgan fingerprint density at radius 3 is 2.49 bits per heavy atom. The number of guanidine groups is 1. The van der Waals surface area contributed by atoms with Crippen molar-refractivity contribution < 1.29 is 18.7 Å². The lowest BCUT2D eigenvalue weighted by Crippen LogP contribution is -2.63. The number of carbonyl (C=O) groups excluding carboxylic acids is 1. The summed E-state index contributed by atoms with van der Waals surface area (Å²) in [6.45, 7) is 16.8. The molecule has 5 atom stereocenters. The Labute approximate surface area is 211 Å². The van der Waals surface area contributed by atoms with Gasteiger partial charge in [0, 0.05) is 5.56 Å². The fourth-order valence-electron chi connectivity index (χ4n) is 4.60. The first-order valence-electron chi connectivity index (χ1n) is 12.3. The number of ether oxygens (including phenoxy) is 2. The number of terminal acetylenes is 1. The first kappa shape index (κ1) is 27.4. The van der Waals surface area contributed by atoms with Crippen LogP contribution in [0.2, 0.25) is 18.1 Å². The van der Waals surface area contributed by atoms with E-state index in [9.17, 15) is 4.79 Å². The minimum atomic E-state index is -2.29. The van der Waals surface area contributed by atoms with Gasteiger partial charge in [0.15, 0.2) is 20.1 Å². The van der Waals surface area contributed by atoms with Gasteiger partial charge in [0.2, 0.25) is 0 Å². The van der Waals surface area contributed by atoms with Crippen LogP contribution in [0, 0.1) is 18.3 Å². The standard InChI is InChI=1S/C27H41N3O4Si/c1-10-20(34-35(8,9)25(3,4)5)27(17-16-18(2)21-22(27)33-26(6,7)32-21)30-24(28)29-23(31)19-14-12-11-13-15-19/h1,11-15,18,20-22H,16-17H2,2-9H3,(H3,28,29,30,31)/t18-,20+,21-,22-,27+/m1/s1. The summed E-state index contributed by atoms with van der Waals surface area (Å²) in [7, 11) is -2.29. The molecular weight excluding hydrogens is 458 g/mol. The molecule has 192 valence electrons. The molecule has 1 amide bonds. The smallest absolute Gasteiger partial charge is 0.257 e. The molecule has 1 aliphatic carbocycles. The maximum absolute atomic E-state index is 12.8. The van der Waals surface area contributed by atoms with E-state index in [-0.39, 0.29) is 28.9 Å². The molecule has 2 fully saturated rings. The SMILES string of the molecule is C#C[C@H](O[Si](C)(C)C(C)(C)C)[C@@]1(N=C(N)NC(=O)c2ccccc2)CC[C@@H](C)[C@H]2OC(C)(C)O[C@H]21. The molecule has 1 saturated heterocycles. The molecule has 1 heterocycles. The van der Waals surface area contributed by atoms with E-state index in [2.05, 4.69) is 52.0 Å². The van der Waals surface area contributed by atoms with Gasteiger partial charge in [-0.25, -0.2) is 4.99 Å². The third kappa shape index (κ3) is 5.64. The first-order chi connectivity index (χ1) is 16.1. The molecule has 1 aliphatic heterocycles. The summed E-state index contributed by atoms with van der Waals surface area (Å²) in [6, 6.07) is 8.88. The average molecular weight is 500 g/mol. The predicted octanol–water partition coefficient (Wildman–Crippen LogP) is 4.44. The van der Waals surface area contributed by atoms with E-state index in [1.807, 2.05) is 19.9 Å². The van der Waals surface area contributed by atoms with E-state index in [0.717, 1.165) is 6.42 Å². The van der Waals surface area contributed by atoms with Crippen LogP contribution >= 0.6 is 0 Å². The lowest BCUT2D eigenvalue weighted by atomic mass is 9.70. The fraction of sp³-hybridized carbons (Fsp3) is 0.630. The molecule has 8 heteroatoms. The molecule has 2 aliphatic rings. The lowest BCUT2D eigenvalue weighted by molar-refractivity contribution is -0.154. The summed E-state index contributed by atoms with van der Waals surface area (Å²) >= 11 is 0. The molecule has 35 heavy (non-hydrogen) atoms. The van der Waals surface area contributed by atoms with Crippen molar-refractivity contribution >= 4 is 20.2 Å². The van der Waals surface area contributed by atoms with E-state index in [0.29, 0.717) is 12.0 Å². The molecule has 0 radical (unpaired) electrons. The number of hydrogen-bond acceptors (Lipinski definition) is 5. The minimum absolute atomic E-state index is 0.0143. The van der Waals surface area contributed by atoms with Gasteiger partial charge in [-0.2, -0.15) is 0 Å². The Balaban J connectivity index is 2.06. The van der Waals surface area contributed by atoms with Gasteiger partial charge in [0.25, 0.3) is 5.91 Å². The summed E-state index contributed by atoms with van der Waals surface area (Å²) < 4.78 is 19.6. The quantitative estimate of drug-likeness (QED) is 0.270. The number of amides is 1. The highest BCUT2D eigenvalue weighted by Gasteiger charge is 2.61. The summed E-state index contributed by atoms with van der Waals surface area (Å²) in [5, 5.41) is 2.67. The number of benzene rings is 1. The second-order valence-corrected chi connectivity index (χ2v) is 16.5. The van der Waals surface area contributed by atoms with Gasteiger partial charge in [0.05, 0.1) is 6.10 Å². The second kappa shape index (κ2) is 9.70. The van der Waals surface area contributed by atoms with Crippen molar-refractivity contribution in [3.63, 3.8) is 0 Å². The number of nitrogens with zero attached hydrogens (tertiary/aromatic N) is 1. The van der Waals surface area contributed by atoms with E-state index in [4.69, 9.17) is 31.0 Å². The molecule has 0 unspecified atom stereocenters. The highest BCUT2D eigenvalue weighted by atomic mass is 28.4. The van der Waals surface area contributed by atoms with Gasteiger partial charge >= 0.3 is 0 Å². The number of rotatable bonds is 5. The zero-order chi connectivity index (χ0) is 26.2. The molecule has 3 N–H and O–H groups in total. The van der Waals surface area contributed by atoms with Crippen LogP contribution < -0.4 is 11.1 Å². The molecule has 0 spiro atoms. The molecule has 0 aromatic heterocycles. The number of nitrogens with one attached hydrogen (secondary N) is 1. The molecule has 0 bridgehead atoms. The number of fused-ring (bicyclic) bond motifs is 1. The maximum atomic E-state index is 12.8. The van der Waals surface area contributed by atoms with Crippen LogP contribution in [0.4, 0.5) is 0 Å². The number of carbonyl (C=O) groups is 1. The highest BCUT2D eigenvalue weighted by molar-refractivity contribution is 6.74. The third-order valence-corrected chi connectivity index (χ3v) is 12.1. The van der Waals surface area contributed by atoms with Gasteiger partial charge in [-0.3, -0.25) is 10.1 Å². The molecular formula is C27H41N3O4Si. The van der Waals surface area contributed by atoms with Gasteiger partial charge in [-0.1, -0.05) is 51.8 Å². The second-order valence-electron chi connectivity index (χ2n) is 11.8. The van der Waals surface area contributed by atoms with Crippen molar-refractivity contribution in [2.75, 3.05) is 0 Å². The van der Waals surface area contributed by atoms with Crippen LogP contribution in [0.1, 0.15) is 64.7 Å². The van der Waals surface area contributed by atoms with Gasteiger partial charge in [0.1, 0.15) is 17.7 Å². The lowest BCUT2D eigenvalue weighted by Gasteiger charge is -2.49. The zero-order valence-corrected chi connectivity index (χ0v) is 23.3. The highest BCUT2D eigenvalue weighted by Crippen LogP contribution is 2.49. The van der Waals surface area contributed by atoms with Crippen molar-refractivity contribution in [1.29, 1.82) is 0 Å². The van der Waals surface area contributed by atoms with Crippen molar-refractivity contribution in [1.82, 2.24) is 5.32 Å². The van der Waals surface area contributed by atoms with Crippen molar-refractivity contribution in [3.8, 4) is 12.3 Å². The number of nitrogens with two attached hydrogens (primary N) is 1. The molecule has 1 aromatic rings.